The summed E-state index contributed by atoms with van der Waals surface area (Å²) in [6.07, 6.45) is 5.25. The Morgan fingerprint density at radius 3 is 2.71 bits per heavy atom. The van der Waals surface area contributed by atoms with Crippen LogP contribution in [0.5, 0.6) is 11.5 Å². The van der Waals surface area contributed by atoms with Gasteiger partial charge in [-0.2, -0.15) is 0 Å². The topological polar surface area (TPSA) is 155 Å². The fraction of sp³-hybridized carbons (Fsp3) is 0.308. The van der Waals surface area contributed by atoms with E-state index in [4.69, 9.17) is 9.84 Å². The zero-order valence-corrected chi connectivity index (χ0v) is 22.0. The van der Waals surface area contributed by atoms with Crippen LogP contribution in [0.15, 0.2) is 48.4 Å². The third-order valence-electron chi connectivity index (χ3n) is 5.83. The maximum absolute atomic E-state index is 12.8. The van der Waals surface area contributed by atoms with Gasteiger partial charge in [-0.25, -0.2) is 18.4 Å². The van der Waals surface area contributed by atoms with E-state index in [2.05, 4.69) is 30.9 Å². The van der Waals surface area contributed by atoms with Gasteiger partial charge in [-0.15, -0.1) is 0 Å². The first kappa shape index (κ1) is 27.0. The maximum Gasteiger partial charge on any atom is 0.247 e. The molecule has 12 heteroatoms. The first-order valence-corrected chi connectivity index (χ1v) is 13.9. The fourth-order valence-corrected chi connectivity index (χ4v) is 4.70. The number of aliphatic hydroxyl groups excluding tert-OH is 1. The predicted molar refractivity (Wildman–Crippen MR) is 145 cm³/mol. The van der Waals surface area contributed by atoms with Crippen molar-refractivity contribution >= 4 is 39.1 Å². The molecular formula is C26H30N6O5S. The molecule has 11 nitrogen and oxygen atoms in total. The molecule has 4 N–H and O–H groups in total. The summed E-state index contributed by atoms with van der Waals surface area (Å²) in [5.41, 5.74) is 3.68. The summed E-state index contributed by atoms with van der Waals surface area (Å²) in [5.74, 6) is 1.51. The zero-order chi connectivity index (χ0) is 27.1. The van der Waals surface area contributed by atoms with E-state index in [0.29, 0.717) is 47.2 Å². The van der Waals surface area contributed by atoms with Crippen LogP contribution in [0.25, 0.3) is 6.08 Å². The van der Waals surface area contributed by atoms with Crippen molar-refractivity contribution in [1.82, 2.24) is 20.3 Å². The van der Waals surface area contributed by atoms with E-state index in [0.717, 1.165) is 16.9 Å². The zero-order valence-electron chi connectivity index (χ0n) is 21.2. The van der Waals surface area contributed by atoms with Crippen LogP contribution in [-0.2, 0) is 14.6 Å². The van der Waals surface area contributed by atoms with Gasteiger partial charge in [0.15, 0.2) is 9.84 Å². The molecule has 0 aliphatic carbocycles. The van der Waals surface area contributed by atoms with Crippen LogP contribution < -0.4 is 20.7 Å². The number of fused-ring (bicyclic) bond motifs is 1. The van der Waals surface area contributed by atoms with Crippen LogP contribution >= 0.6 is 0 Å². The smallest absolute Gasteiger partial charge is 0.247 e. The summed E-state index contributed by atoms with van der Waals surface area (Å²) in [7, 11) is -3.42. The number of hydrogen-bond donors (Lipinski definition) is 4. The van der Waals surface area contributed by atoms with E-state index in [9.17, 15) is 13.2 Å². The summed E-state index contributed by atoms with van der Waals surface area (Å²) >= 11 is 0. The van der Waals surface area contributed by atoms with Crippen molar-refractivity contribution in [3.63, 3.8) is 0 Å². The SMILES string of the molecule is Cc1ccc(Oc2ccc(Nc3ncnc4c3C=C(C(=O)NCCS(=O)(=O)CCO)CCN4)cc2C)cn1. The standard InChI is InChI=1S/C26H30N6O5S/c1-17-13-20(4-6-23(17)37-21-5-3-18(2)29-15-21)32-25-22-14-19(7-8-27-24(22)30-16-31-25)26(34)28-9-11-38(35,36)12-10-33/h3-6,13-16,33H,7-12H2,1-2H3,(H,28,34)(H2,27,30,31,32). The van der Waals surface area contributed by atoms with Crippen molar-refractivity contribution in [3.8, 4) is 11.5 Å². The average Bonchev–Trinajstić information content (AvgIpc) is 3.10. The van der Waals surface area contributed by atoms with Gasteiger partial charge in [0, 0.05) is 30.0 Å². The summed E-state index contributed by atoms with van der Waals surface area (Å²) < 4.78 is 29.6. The molecular weight excluding hydrogens is 508 g/mol. The first-order valence-electron chi connectivity index (χ1n) is 12.1. The molecule has 0 saturated carbocycles. The van der Waals surface area contributed by atoms with Gasteiger partial charge in [0.05, 0.1) is 29.9 Å². The van der Waals surface area contributed by atoms with E-state index in [1.165, 1.54) is 6.33 Å². The van der Waals surface area contributed by atoms with Crippen LogP contribution in [-0.4, -0.2) is 65.6 Å². The number of hydrogen-bond acceptors (Lipinski definition) is 10. The minimum atomic E-state index is -3.42. The second-order valence-corrected chi connectivity index (χ2v) is 11.1. The van der Waals surface area contributed by atoms with Gasteiger partial charge in [0.2, 0.25) is 5.91 Å². The Hall–Kier alpha value is -4.03. The van der Waals surface area contributed by atoms with Crippen molar-refractivity contribution in [2.75, 3.05) is 41.8 Å². The number of sulfone groups is 1. The highest BCUT2D eigenvalue weighted by atomic mass is 32.2. The third kappa shape index (κ3) is 7.05. The van der Waals surface area contributed by atoms with Crippen molar-refractivity contribution in [2.45, 2.75) is 20.3 Å². The second kappa shape index (κ2) is 12.0. The number of amides is 1. The van der Waals surface area contributed by atoms with Crippen LogP contribution in [0.2, 0.25) is 0 Å². The molecule has 0 spiro atoms. The molecule has 3 heterocycles. The van der Waals surface area contributed by atoms with Crippen LogP contribution in [0, 0.1) is 13.8 Å². The molecule has 0 radical (unpaired) electrons. The lowest BCUT2D eigenvalue weighted by atomic mass is 10.1. The number of rotatable bonds is 10. The van der Waals surface area contributed by atoms with Gasteiger partial charge in [-0.3, -0.25) is 9.78 Å². The lowest BCUT2D eigenvalue weighted by molar-refractivity contribution is -0.117. The highest BCUT2D eigenvalue weighted by molar-refractivity contribution is 7.91. The molecule has 1 amide bonds. The summed E-state index contributed by atoms with van der Waals surface area (Å²) in [6, 6.07) is 9.41. The van der Waals surface area contributed by atoms with Crippen molar-refractivity contribution < 1.29 is 23.1 Å². The van der Waals surface area contributed by atoms with E-state index >= 15 is 0 Å². The molecule has 200 valence electrons. The number of aliphatic hydroxyl groups is 1. The number of aryl methyl sites for hydroxylation is 2. The van der Waals surface area contributed by atoms with Gasteiger partial charge >= 0.3 is 0 Å². The van der Waals surface area contributed by atoms with Gasteiger partial charge in [-0.1, -0.05) is 0 Å². The quantitative estimate of drug-likeness (QED) is 0.303. The van der Waals surface area contributed by atoms with Crippen molar-refractivity contribution in [1.29, 1.82) is 0 Å². The summed E-state index contributed by atoms with van der Waals surface area (Å²) in [6.45, 7) is 3.84. The molecule has 1 aromatic carbocycles. The Balaban J connectivity index is 1.50. The number of pyridine rings is 1. The molecule has 0 fully saturated rings. The Morgan fingerprint density at radius 1 is 1.13 bits per heavy atom. The predicted octanol–water partition coefficient (Wildman–Crippen LogP) is 2.75. The Bertz CT molecular complexity index is 1440. The van der Waals surface area contributed by atoms with Crippen molar-refractivity contribution in [3.05, 3.63) is 65.2 Å². The Morgan fingerprint density at radius 2 is 1.97 bits per heavy atom. The molecule has 3 aromatic rings. The second-order valence-electron chi connectivity index (χ2n) is 8.80. The molecule has 1 aliphatic heterocycles. The minimum Gasteiger partial charge on any atom is -0.455 e. The summed E-state index contributed by atoms with van der Waals surface area (Å²) in [4.78, 5) is 25.7. The largest absolute Gasteiger partial charge is 0.455 e. The molecule has 0 atom stereocenters. The van der Waals surface area contributed by atoms with Gasteiger partial charge in [-0.05, 0) is 62.2 Å². The number of nitrogens with one attached hydrogen (secondary N) is 3. The fourth-order valence-electron chi connectivity index (χ4n) is 3.81. The average molecular weight is 539 g/mol. The molecule has 0 bridgehead atoms. The molecule has 0 saturated heterocycles. The van der Waals surface area contributed by atoms with E-state index < -0.39 is 16.4 Å². The van der Waals surface area contributed by atoms with E-state index in [1.54, 1.807) is 12.3 Å². The molecule has 0 unspecified atom stereocenters. The number of carbonyl (C=O) groups is 1. The van der Waals surface area contributed by atoms with Crippen LogP contribution in [0.4, 0.5) is 17.3 Å². The highest BCUT2D eigenvalue weighted by Crippen LogP contribution is 2.31. The lowest BCUT2D eigenvalue weighted by Crippen LogP contribution is -2.31. The minimum absolute atomic E-state index is 0.0401. The van der Waals surface area contributed by atoms with Gasteiger partial charge in [0.1, 0.15) is 29.5 Å². The lowest BCUT2D eigenvalue weighted by Gasteiger charge is -2.14. The molecule has 38 heavy (non-hydrogen) atoms. The maximum atomic E-state index is 12.8. The number of anilines is 3. The number of ether oxygens (including phenoxy) is 1. The summed E-state index contributed by atoms with van der Waals surface area (Å²) in [5, 5.41) is 18.0. The number of carbonyl (C=O) groups excluding carboxylic acids is 1. The Labute approximate surface area is 221 Å². The van der Waals surface area contributed by atoms with E-state index in [1.807, 2.05) is 44.2 Å². The van der Waals surface area contributed by atoms with E-state index in [-0.39, 0.29) is 24.0 Å². The number of nitrogens with zero attached hydrogens (tertiary/aromatic N) is 3. The van der Waals surface area contributed by atoms with Gasteiger partial charge < -0.3 is 25.8 Å². The van der Waals surface area contributed by atoms with Crippen molar-refractivity contribution in [2.24, 2.45) is 0 Å². The number of benzene rings is 1. The monoisotopic (exact) mass is 538 g/mol. The normalized spacial score (nSPS) is 13.0. The molecule has 4 rings (SSSR count). The molecule has 1 aliphatic rings. The highest BCUT2D eigenvalue weighted by Gasteiger charge is 2.19. The first-order chi connectivity index (χ1) is 18.2. The molecule has 2 aromatic heterocycles. The van der Waals surface area contributed by atoms with Crippen LogP contribution in [0.3, 0.4) is 0 Å². The third-order valence-corrected chi connectivity index (χ3v) is 7.46. The van der Waals surface area contributed by atoms with Gasteiger partial charge in [0.25, 0.3) is 0 Å². The Kier molecular flexibility index (Phi) is 8.54. The number of aromatic nitrogens is 3. The van der Waals surface area contributed by atoms with Crippen LogP contribution in [0.1, 0.15) is 23.2 Å².